The molecular formula is C24H40N8O7S. The SMILES string of the molecule is C[C@H]1NC(=O)[C@@H]2CCCN2C(=O)[C@H](C(C)(C)C)NC(=O)CSC[C@H](C(N)=O)NC(=O)[C@@H](CN)NC(=O)CNC1=O. The van der Waals surface area contributed by atoms with Crippen LogP contribution in [0.5, 0.6) is 0 Å². The Bertz CT molecular complexity index is 1020. The van der Waals surface area contributed by atoms with Gasteiger partial charge in [0.05, 0.1) is 12.3 Å². The van der Waals surface area contributed by atoms with Crippen LogP contribution in [-0.2, 0) is 33.6 Å². The van der Waals surface area contributed by atoms with E-state index in [9.17, 15) is 33.6 Å². The Morgan fingerprint density at radius 2 is 1.65 bits per heavy atom. The first-order valence-electron chi connectivity index (χ1n) is 13.0. The van der Waals surface area contributed by atoms with Crippen molar-refractivity contribution in [1.82, 2.24) is 31.5 Å². The Balaban J connectivity index is 2.32. The molecule has 9 N–H and O–H groups in total. The number of nitrogens with one attached hydrogen (secondary N) is 5. The number of carbonyl (C=O) groups excluding carboxylic acids is 7. The van der Waals surface area contributed by atoms with Crippen LogP contribution in [0, 0.1) is 5.41 Å². The summed E-state index contributed by atoms with van der Waals surface area (Å²) in [6.07, 6.45) is 0.943. The lowest BCUT2D eigenvalue weighted by Gasteiger charge is -2.35. The topological polar surface area (TPSA) is 235 Å². The predicted molar refractivity (Wildman–Crippen MR) is 146 cm³/mol. The second-order valence-electron chi connectivity index (χ2n) is 10.8. The minimum atomic E-state index is -1.22. The molecule has 0 saturated carbocycles. The number of carbonyl (C=O) groups is 7. The Morgan fingerprint density at radius 1 is 0.975 bits per heavy atom. The highest BCUT2D eigenvalue weighted by Gasteiger charge is 2.42. The standard InChI is InChI=1S/C24H40N8O7S/c1-12-20(36)27-9-16(33)29-13(8-25)21(37)30-14(19(26)35)10-40-11-17(34)31-18(24(2,3)4)23(39)32-7-5-6-15(32)22(38)28-12/h12-15,18H,5-11,25H2,1-4H3,(H2,26,35)(H,27,36)(H,28,38)(H,29,33)(H,30,37)(H,31,34)/t12-,13-,14-,15+,18-/m1/s1. The van der Waals surface area contributed by atoms with E-state index in [1.165, 1.54) is 11.8 Å². The first-order valence-corrected chi connectivity index (χ1v) is 14.2. The Labute approximate surface area is 237 Å². The monoisotopic (exact) mass is 584 g/mol. The van der Waals surface area contributed by atoms with Crippen LogP contribution in [0.1, 0.15) is 40.5 Å². The minimum Gasteiger partial charge on any atom is -0.368 e. The molecule has 7 amide bonds. The lowest BCUT2D eigenvalue weighted by molar-refractivity contribution is -0.144. The summed E-state index contributed by atoms with van der Waals surface area (Å²) in [7, 11) is 0. The summed E-state index contributed by atoms with van der Waals surface area (Å²) in [6.45, 7) is 6.26. The van der Waals surface area contributed by atoms with Crippen LogP contribution in [0.15, 0.2) is 0 Å². The molecule has 0 bridgehead atoms. The van der Waals surface area contributed by atoms with Crippen LogP contribution in [-0.4, -0.2) is 108 Å². The summed E-state index contributed by atoms with van der Waals surface area (Å²) >= 11 is 1.01. The van der Waals surface area contributed by atoms with Crippen LogP contribution in [0.25, 0.3) is 0 Å². The summed E-state index contributed by atoms with van der Waals surface area (Å²) in [5, 5.41) is 12.5. The van der Waals surface area contributed by atoms with Crippen LogP contribution < -0.4 is 38.1 Å². The van der Waals surface area contributed by atoms with Crippen molar-refractivity contribution in [2.75, 3.05) is 31.1 Å². The minimum absolute atomic E-state index is 0.0593. The number of fused-ring (bicyclic) bond motifs is 1. The van der Waals surface area contributed by atoms with Crippen LogP contribution in [0.3, 0.4) is 0 Å². The average molecular weight is 585 g/mol. The molecule has 2 saturated heterocycles. The molecule has 2 rings (SSSR count). The maximum atomic E-state index is 13.6. The van der Waals surface area contributed by atoms with E-state index in [2.05, 4.69) is 26.6 Å². The summed E-state index contributed by atoms with van der Waals surface area (Å²) in [5.41, 5.74) is 10.3. The zero-order valence-electron chi connectivity index (χ0n) is 23.2. The lowest BCUT2D eigenvalue weighted by atomic mass is 9.85. The molecule has 2 aliphatic heterocycles. The van der Waals surface area contributed by atoms with Gasteiger partial charge >= 0.3 is 0 Å². The molecule has 0 aromatic heterocycles. The average Bonchev–Trinajstić information content (AvgIpc) is 3.36. The maximum Gasteiger partial charge on any atom is 0.246 e. The number of thioether (sulfide) groups is 1. The van der Waals surface area contributed by atoms with Crippen LogP contribution >= 0.6 is 11.8 Å². The van der Waals surface area contributed by atoms with Gasteiger partial charge in [0.2, 0.25) is 41.4 Å². The first kappa shape index (κ1) is 32.8. The van der Waals surface area contributed by atoms with E-state index in [0.29, 0.717) is 19.4 Å². The smallest absolute Gasteiger partial charge is 0.246 e. The van der Waals surface area contributed by atoms with E-state index >= 15 is 0 Å². The molecule has 16 heteroatoms. The molecular weight excluding hydrogens is 544 g/mol. The number of primary amides is 1. The third kappa shape index (κ3) is 9.08. The van der Waals surface area contributed by atoms with Crippen LogP contribution in [0.4, 0.5) is 0 Å². The zero-order valence-corrected chi connectivity index (χ0v) is 24.0. The molecule has 5 atom stereocenters. The highest BCUT2D eigenvalue weighted by Crippen LogP contribution is 2.26. The summed E-state index contributed by atoms with van der Waals surface area (Å²) in [4.78, 5) is 90.3. The quantitative estimate of drug-likeness (QED) is 0.169. The normalized spacial score (nSPS) is 28.7. The summed E-state index contributed by atoms with van der Waals surface area (Å²) in [5.74, 6) is -4.69. The van der Waals surface area contributed by atoms with Gasteiger partial charge in [-0.25, -0.2) is 0 Å². The number of amides is 7. The molecule has 0 aromatic rings. The van der Waals surface area contributed by atoms with Crippen molar-refractivity contribution in [3.63, 3.8) is 0 Å². The number of nitrogens with zero attached hydrogens (tertiary/aromatic N) is 1. The second-order valence-corrected chi connectivity index (χ2v) is 11.9. The van der Waals surface area contributed by atoms with Crippen molar-refractivity contribution in [3.05, 3.63) is 0 Å². The van der Waals surface area contributed by atoms with Gasteiger partial charge in [-0.2, -0.15) is 0 Å². The Hall–Kier alpha value is -3.40. The lowest BCUT2D eigenvalue weighted by Crippen LogP contribution is -2.59. The number of rotatable bonds is 2. The molecule has 0 unspecified atom stereocenters. The number of hydrogen-bond acceptors (Lipinski definition) is 9. The van der Waals surface area contributed by atoms with E-state index in [1.54, 1.807) is 20.8 Å². The van der Waals surface area contributed by atoms with E-state index in [0.717, 1.165) is 11.8 Å². The fourth-order valence-electron chi connectivity index (χ4n) is 4.23. The molecule has 0 spiro atoms. The molecule has 2 fully saturated rings. The van der Waals surface area contributed by atoms with Gasteiger partial charge in [-0.1, -0.05) is 20.8 Å². The molecule has 40 heavy (non-hydrogen) atoms. The van der Waals surface area contributed by atoms with Gasteiger partial charge in [-0.05, 0) is 25.2 Å². The van der Waals surface area contributed by atoms with E-state index in [1.807, 2.05) is 0 Å². The summed E-state index contributed by atoms with van der Waals surface area (Å²) < 4.78 is 0. The predicted octanol–water partition coefficient (Wildman–Crippen LogP) is -3.71. The number of nitrogens with two attached hydrogens (primary N) is 2. The van der Waals surface area contributed by atoms with Crippen molar-refractivity contribution in [1.29, 1.82) is 0 Å². The number of hydrogen-bond donors (Lipinski definition) is 7. The van der Waals surface area contributed by atoms with Gasteiger partial charge in [-0.3, -0.25) is 33.6 Å². The van der Waals surface area contributed by atoms with Crippen molar-refractivity contribution in [2.24, 2.45) is 16.9 Å². The van der Waals surface area contributed by atoms with Crippen molar-refractivity contribution in [2.45, 2.75) is 70.7 Å². The van der Waals surface area contributed by atoms with E-state index in [4.69, 9.17) is 11.5 Å². The van der Waals surface area contributed by atoms with Gasteiger partial charge in [0.25, 0.3) is 0 Å². The van der Waals surface area contributed by atoms with Gasteiger partial charge in [0.15, 0.2) is 0 Å². The molecule has 15 nitrogen and oxygen atoms in total. The third-order valence-corrected chi connectivity index (χ3v) is 7.53. The molecule has 0 aliphatic carbocycles. The Morgan fingerprint density at radius 3 is 2.25 bits per heavy atom. The molecule has 2 aliphatic rings. The largest absolute Gasteiger partial charge is 0.368 e. The van der Waals surface area contributed by atoms with Crippen molar-refractivity contribution < 1.29 is 33.6 Å². The zero-order chi connectivity index (χ0) is 30.2. The van der Waals surface area contributed by atoms with Crippen molar-refractivity contribution in [3.8, 4) is 0 Å². The van der Waals surface area contributed by atoms with E-state index in [-0.39, 0.29) is 18.1 Å². The highest BCUT2D eigenvalue weighted by molar-refractivity contribution is 8.00. The summed E-state index contributed by atoms with van der Waals surface area (Å²) in [6, 6.07) is -5.23. The van der Waals surface area contributed by atoms with Crippen LogP contribution in [0.2, 0.25) is 0 Å². The molecule has 2 heterocycles. The van der Waals surface area contributed by atoms with Crippen molar-refractivity contribution >= 4 is 53.1 Å². The van der Waals surface area contributed by atoms with Gasteiger partial charge in [0.1, 0.15) is 30.2 Å². The highest BCUT2D eigenvalue weighted by atomic mass is 32.2. The van der Waals surface area contributed by atoms with Gasteiger partial charge in [-0.15, -0.1) is 11.8 Å². The molecule has 0 aromatic carbocycles. The van der Waals surface area contributed by atoms with Gasteiger partial charge < -0.3 is 43.0 Å². The Kier molecular flexibility index (Phi) is 11.7. The van der Waals surface area contributed by atoms with Gasteiger partial charge in [0, 0.05) is 18.8 Å². The molecule has 224 valence electrons. The van der Waals surface area contributed by atoms with E-state index < -0.39 is 83.5 Å². The first-order chi connectivity index (χ1) is 18.6. The maximum absolute atomic E-state index is 13.6. The molecule has 0 radical (unpaired) electrons. The fraction of sp³-hybridized carbons (Fsp3) is 0.708. The third-order valence-electron chi connectivity index (χ3n) is 6.50. The fourth-order valence-corrected chi connectivity index (χ4v) is 5.10. The second kappa shape index (κ2) is 14.3.